The van der Waals surface area contributed by atoms with Gasteiger partial charge in [0, 0.05) is 64.9 Å². The van der Waals surface area contributed by atoms with E-state index in [2.05, 4.69) is 49.0 Å². The molecule has 2 atom stereocenters. The van der Waals surface area contributed by atoms with Gasteiger partial charge in [-0.1, -0.05) is 17.7 Å². The van der Waals surface area contributed by atoms with E-state index in [1.165, 1.54) is 37.1 Å². The van der Waals surface area contributed by atoms with E-state index >= 15 is 0 Å². The molecule has 2 fully saturated rings. The third-order valence-corrected chi connectivity index (χ3v) is 9.48. The number of anilines is 3. The van der Waals surface area contributed by atoms with Gasteiger partial charge in [0.1, 0.15) is 23.7 Å². The summed E-state index contributed by atoms with van der Waals surface area (Å²) in [5, 5.41) is 8.11. The Kier molecular flexibility index (Phi) is 7.85. The molecule has 1 aromatic heterocycles. The van der Waals surface area contributed by atoms with Crippen LogP contribution in [0, 0.1) is 5.82 Å². The number of halogens is 2. The molecule has 36 heavy (non-hydrogen) atoms. The maximum atomic E-state index is 13.5. The molecule has 0 spiro atoms. The molecule has 3 heterocycles. The van der Waals surface area contributed by atoms with Gasteiger partial charge in [-0.25, -0.2) is 14.4 Å². The summed E-state index contributed by atoms with van der Waals surface area (Å²) in [4.78, 5) is 23.7. The van der Waals surface area contributed by atoms with Crippen LogP contribution in [0.25, 0.3) is 10.9 Å². The van der Waals surface area contributed by atoms with Crippen LogP contribution >= 0.6 is 35.1 Å². The number of carbonyl (C=O) groups excluding carboxylic acids is 1. The van der Waals surface area contributed by atoms with Gasteiger partial charge < -0.3 is 15.4 Å². The fourth-order valence-corrected chi connectivity index (χ4v) is 7.59. The zero-order chi connectivity index (χ0) is 25.1. The van der Waals surface area contributed by atoms with Crippen molar-refractivity contribution < 1.29 is 13.9 Å². The quantitative estimate of drug-likeness (QED) is 0.392. The van der Waals surface area contributed by atoms with Gasteiger partial charge in [0.2, 0.25) is 5.91 Å². The molecule has 2 saturated heterocycles. The predicted octanol–water partition coefficient (Wildman–Crippen LogP) is 5.20. The maximum absolute atomic E-state index is 13.5. The van der Waals surface area contributed by atoms with Crippen molar-refractivity contribution in [3.05, 3.63) is 59.7 Å². The number of likely N-dealkylation sites (tertiary alicyclic amines) is 1. The number of fused-ring (bicyclic) bond motifs is 2. The molecule has 1 amide bonds. The predicted molar refractivity (Wildman–Crippen MR) is 147 cm³/mol. The lowest BCUT2D eigenvalue weighted by atomic mass is 10.1. The minimum atomic E-state index is -0.501. The van der Waals surface area contributed by atoms with Crippen LogP contribution in [-0.2, 0) is 4.79 Å². The fraction of sp³-hybridized carbons (Fsp3) is 0.320. The van der Waals surface area contributed by atoms with E-state index in [1.54, 1.807) is 24.3 Å². The number of methoxy groups -OCH3 is 1. The van der Waals surface area contributed by atoms with E-state index in [4.69, 9.17) is 16.3 Å². The van der Waals surface area contributed by atoms with Crippen molar-refractivity contribution in [1.82, 2.24) is 14.9 Å². The molecular formula is C25H25ClFN5O2S2. The van der Waals surface area contributed by atoms with E-state index in [1.807, 2.05) is 6.08 Å². The van der Waals surface area contributed by atoms with Crippen molar-refractivity contribution in [2.75, 3.05) is 48.9 Å². The third-order valence-electron chi connectivity index (χ3n) is 6.07. The Hall–Kier alpha value is -2.53. The fourth-order valence-electron chi connectivity index (χ4n) is 4.33. The first-order chi connectivity index (χ1) is 17.5. The molecule has 3 aromatic rings. The van der Waals surface area contributed by atoms with Gasteiger partial charge in [0.15, 0.2) is 0 Å². The molecule has 2 aliphatic rings. The van der Waals surface area contributed by atoms with Crippen LogP contribution in [0.5, 0.6) is 5.75 Å². The van der Waals surface area contributed by atoms with Gasteiger partial charge in [0.25, 0.3) is 0 Å². The number of benzene rings is 2. The van der Waals surface area contributed by atoms with Crippen molar-refractivity contribution in [2.45, 2.75) is 10.5 Å². The molecular weight excluding hydrogens is 521 g/mol. The van der Waals surface area contributed by atoms with Crippen LogP contribution in [0.1, 0.15) is 0 Å². The number of hydrogen-bond donors (Lipinski definition) is 2. The number of hydrogen-bond acceptors (Lipinski definition) is 8. The molecule has 2 unspecified atom stereocenters. The average Bonchev–Trinajstić information content (AvgIpc) is 3.29. The van der Waals surface area contributed by atoms with Gasteiger partial charge in [-0.15, -0.1) is 0 Å². The summed E-state index contributed by atoms with van der Waals surface area (Å²) < 4.78 is 19.0. The molecule has 0 radical (unpaired) electrons. The molecule has 2 aliphatic heterocycles. The highest BCUT2D eigenvalue weighted by atomic mass is 35.5. The van der Waals surface area contributed by atoms with E-state index in [-0.39, 0.29) is 10.9 Å². The summed E-state index contributed by atoms with van der Waals surface area (Å²) in [6, 6.07) is 7.82. The second-order valence-corrected chi connectivity index (χ2v) is 11.6. The molecule has 2 N–H and O–H groups in total. The highest BCUT2D eigenvalue weighted by Crippen LogP contribution is 2.36. The summed E-state index contributed by atoms with van der Waals surface area (Å²) in [5.41, 5.74) is 1.69. The van der Waals surface area contributed by atoms with Crippen molar-refractivity contribution in [2.24, 2.45) is 0 Å². The van der Waals surface area contributed by atoms with E-state index in [0.717, 1.165) is 19.6 Å². The Balaban J connectivity index is 1.30. The highest BCUT2D eigenvalue weighted by molar-refractivity contribution is 8.07. The molecule has 188 valence electrons. The van der Waals surface area contributed by atoms with Crippen molar-refractivity contribution in [3.8, 4) is 5.75 Å². The molecule has 7 nitrogen and oxygen atoms in total. The summed E-state index contributed by atoms with van der Waals surface area (Å²) in [5.74, 6) is 2.68. The minimum absolute atomic E-state index is 0.00460. The van der Waals surface area contributed by atoms with E-state index in [0.29, 0.717) is 44.3 Å². The second kappa shape index (κ2) is 11.2. The maximum Gasteiger partial charge on any atom is 0.248 e. The summed E-state index contributed by atoms with van der Waals surface area (Å²) in [7, 11) is 1.54. The van der Waals surface area contributed by atoms with Crippen LogP contribution in [0.2, 0.25) is 5.02 Å². The van der Waals surface area contributed by atoms with Crippen LogP contribution in [-0.4, -0.2) is 69.5 Å². The Labute approximate surface area is 222 Å². The van der Waals surface area contributed by atoms with Gasteiger partial charge in [-0.2, -0.15) is 23.5 Å². The summed E-state index contributed by atoms with van der Waals surface area (Å²) >= 11 is 10.0. The van der Waals surface area contributed by atoms with Crippen molar-refractivity contribution >= 4 is 69.1 Å². The second-order valence-electron chi connectivity index (χ2n) is 8.47. The monoisotopic (exact) mass is 545 g/mol. The Bertz CT molecular complexity index is 1300. The number of nitrogens with zero attached hydrogens (tertiary/aromatic N) is 3. The molecule has 2 aromatic carbocycles. The molecule has 5 rings (SSSR count). The van der Waals surface area contributed by atoms with Crippen LogP contribution in [0.15, 0.2) is 48.8 Å². The lowest BCUT2D eigenvalue weighted by molar-refractivity contribution is -0.111. The lowest BCUT2D eigenvalue weighted by Crippen LogP contribution is -2.23. The third kappa shape index (κ3) is 5.72. The molecule has 0 aliphatic carbocycles. The minimum Gasteiger partial charge on any atom is -0.494 e. The first-order valence-electron chi connectivity index (χ1n) is 11.5. The van der Waals surface area contributed by atoms with Crippen molar-refractivity contribution in [1.29, 1.82) is 0 Å². The SMILES string of the molecule is COc1cc2ncnc(Nc3ccc(F)c(Cl)c3)c2cc1NC(=O)/C=C/CN1CC2SCCSC2C1. The number of amides is 1. The van der Waals surface area contributed by atoms with Gasteiger partial charge in [-0.05, 0) is 24.3 Å². The average molecular weight is 546 g/mol. The van der Waals surface area contributed by atoms with Crippen LogP contribution in [0.3, 0.4) is 0 Å². The zero-order valence-electron chi connectivity index (χ0n) is 19.5. The Morgan fingerprint density at radius 1 is 1.22 bits per heavy atom. The largest absolute Gasteiger partial charge is 0.494 e. The first-order valence-corrected chi connectivity index (χ1v) is 14.0. The number of thioether (sulfide) groups is 2. The van der Waals surface area contributed by atoms with E-state index < -0.39 is 5.82 Å². The molecule has 11 heteroatoms. The number of aromatic nitrogens is 2. The standard InChI is InChI=1S/C25H25ClFN5O2S2/c1-34-21-11-19-16(25(29-14-28-19)30-15-4-5-18(27)17(26)9-15)10-20(21)31-24(33)3-2-6-32-12-22-23(13-32)36-8-7-35-22/h2-5,9-11,14,22-23H,6-8,12-13H2,1H3,(H,31,33)(H,28,29,30)/b3-2+. The van der Waals surface area contributed by atoms with E-state index in [9.17, 15) is 9.18 Å². The summed E-state index contributed by atoms with van der Waals surface area (Å²) in [6.45, 7) is 2.89. The number of nitrogens with one attached hydrogen (secondary N) is 2. The van der Waals surface area contributed by atoms with Gasteiger partial charge in [-0.3, -0.25) is 9.69 Å². The van der Waals surface area contributed by atoms with Gasteiger partial charge in [0.05, 0.1) is 23.3 Å². The Morgan fingerprint density at radius 3 is 2.72 bits per heavy atom. The van der Waals surface area contributed by atoms with Crippen molar-refractivity contribution in [3.63, 3.8) is 0 Å². The first kappa shape index (κ1) is 25.1. The number of rotatable bonds is 7. The van der Waals surface area contributed by atoms with Gasteiger partial charge >= 0.3 is 0 Å². The number of ether oxygens (including phenoxy) is 1. The highest BCUT2D eigenvalue weighted by Gasteiger charge is 2.34. The normalized spacial score (nSPS) is 20.0. The smallest absolute Gasteiger partial charge is 0.248 e. The molecule has 0 bridgehead atoms. The van der Waals surface area contributed by atoms with Crippen LogP contribution < -0.4 is 15.4 Å². The number of carbonyl (C=O) groups is 1. The molecule has 0 saturated carbocycles. The zero-order valence-corrected chi connectivity index (χ0v) is 21.9. The topological polar surface area (TPSA) is 79.4 Å². The lowest BCUT2D eigenvalue weighted by Gasteiger charge is -2.22. The van der Waals surface area contributed by atoms with Crippen LogP contribution in [0.4, 0.5) is 21.6 Å². The Morgan fingerprint density at radius 2 is 2.00 bits per heavy atom. The summed E-state index contributed by atoms with van der Waals surface area (Å²) in [6.07, 6.45) is 4.89.